The zero-order chi connectivity index (χ0) is 12.8. The topological polar surface area (TPSA) is 87.7 Å². The Morgan fingerprint density at radius 3 is 2.76 bits per heavy atom. The van der Waals surface area contributed by atoms with Crippen LogP contribution in [0.15, 0.2) is 29.4 Å². The maximum Gasteiger partial charge on any atom is 0.227 e. The summed E-state index contributed by atoms with van der Waals surface area (Å²) < 4.78 is 0. The van der Waals surface area contributed by atoms with Crippen molar-refractivity contribution >= 4 is 17.4 Å². The van der Waals surface area contributed by atoms with Crippen LogP contribution in [0.1, 0.15) is 25.8 Å². The van der Waals surface area contributed by atoms with E-state index in [1.54, 1.807) is 24.3 Å². The summed E-state index contributed by atoms with van der Waals surface area (Å²) in [6.45, 7) is 3.79. The minimum Gasteiger partial charge on any atom is -0.409 e. The Hall–Kier alpha value is -2.04. The molecule has 0 heterocycles. The molecule has 1 aromatic carbocycles. The van der Waals surface area contributed by atoms with E-state index in [0.717, 1.165) is 6.42 Å². The van der Waals surface area contributed by atoms with E-state index in [1.807, 2.05) is 13.8 Å². The smallest absolute Gasteiger partial charge is 0.227 e. The standard InChI is InChI=1S/C12H17N3O2/c1-3-8(2)12(16)14-10-7-5-4-6-9(10)11(13)15-17/h4-8,17H,3H2,1-2H3,(H2,13,15)(H,14,16). The Labute approximate surface area is 100 Å². The quantitative estimate of drug-likeness (QED) is 0.321. The second kappa shape index (κ2) is 5.89. The Morgan fingerprint density at radius 1 is 1.53 bits per heavy atom. The van der Waals surface area contributed by atoms with Crippen molar-refractivity contribution in [1.82, 2.24) is 0 Å². The summed E-state index contributed by atoms with van der Waals surface area (Å²) in [6.07, 6.45) is 0.761. The minimum absolute atomic E-state index is 0.0231. The number of hydrogen-bond acceptors (Lipinski definition) is 3. The van der Waals surface area contributed by atoms with Gasteiger partial charge in [0, 0.05) is 11.5 Å². The molecule has 0 aromatic heterocycles. The summed E-state index contributed by atoms with van der Waals surface area (Å²) in [6, 6.07) is 6.93. The van der Waals surface area contributed by atoms with E-state index in [0.29, 0.717) is 11.3 Å². The lowest BCUT2D eigenvalue weighted by molar-refractivity contribution is -0.119. The van der Waals surface area contributed by atoms with E-state index in [1.165, 1.54) is 0 Å². The van der Waals surface area contributed by atoms with Crippen LogP contribution in [0.2, 0.25) is 0 Å². The van der Waals surface area contributed by atoms with E-state index in [2.05, 4.69) is 10.5 Å². The van der Waals surface area contributed by atoms with Crippen molar-refractivity contribution in [2.45, 2.75) is 20.3 Å². The van der Waals surface area contributed by atoms with Gasteiger partial charge in [-0.25, -0.2) is 0 Å². The van der Waals surface area contributed by atoms with Gasteiger partial charge in [-0.15, -0.1) is 0 Å². The van der Waals surface area contributed by atoms with Gasteiger partial charge in [-0.05, 0) is 18.6 Å². The fourth-order valence-corrected chi connectivity index (χ4v) is 1.31. The summed E-state index contributed by atoms with van der Waals surface area (Å²) in [5.74, 6) is -0.175. The van der Waals surface area contributed by atoms with E-state index in [-0.39, 0.29) is 17.7 Å². The van der Waals surface area contributed by atoms with Crippen molar-refractivity contribution in [2.24, 2.45) is 16.8 Å². The molecule has 0 aliphatic carbocycles. The molecule has 5 heteroatoms. The molecule has 1 unspecified atom stereocenters. The molecule has 0 saturated carbocycles. The molecule has 92 valence electrons. The fourth-order valence-electron chi connectivity index (χ4n) is 1.31. The Morgan fingerprint density at radius 2 is 2.18 bits per heavy atom. The third kappa shape index (κ3) is 3.21. The summed E-state index contributed by atoms with van der Waals surface area (Å²) in [4.78, 5) is 11.8. The van der Waals surface area contributed by atoms with E-state index >= 15 is 0 Å². The van der Waals surface area contributed by atoms with Crippen LogP contribution < -0.4 is 11.1 Å². The lowest BCUT2D eigenvalue weighted by Crippen LogP contribution is -2.23. The van der Waals surface area contributed by atoms with Gasteiger partial charge in [-0.2, -0.15) is 0 Å². The molecule has 0 radical (unpaired) electrons. The third-order valence-electron chi connectivity index (χ3n) is 2.63. The van der Waals surface area contributed by atoms with Crippen LogP contribution in [0.25, 0.3) is 0 Å². The van der Waals surface area contributed by atoms with E-state index in [9.17, 15) is 4.79 Å². The molecule has 1 rings (SSSR count). The number of anilines is 1. The first-order valence-corrected chi connectivity index (χ1v) is 5.48. The van der Waals surface area contributed by atoms with E-state index in [4.69, 9.17) is 10.9 Å². The van der Waals surface area contributed by atoms with Gasteiger partial charge >= 0.3 is 0 Å². The molecule has 4 N–H and O–H groups in total. The fraction of sp³-hybridized carbons (Fsp3) is 0.333. The maximum atomic E-state index is 11.8. The van der Waals surface area contributed by atoms with Gasteiger partial charge in [0.25, 0.3) is 0 Å². The summed E-state index contributed by atoms with van der Waals surface area (Å²) in [7, 11) is 0. The first-order chi connectivity index (χ1) is 8.10. The van der Waals surface area contributed by atoms with Crippen LogP contribution in [-0.2, 0) is 4.79 Å². The molecule has 1 amide bonds. The molecule has 0 bridgehead atoms. The van der Waals surface area contributed by atoms with Crippen LogP contribution >= 0.6 is 0 Å². The zero-order valence-corrected chi connectivity index (χ0v) is 9.97. The van der Waals surface area contributed by atoms with Crippen molar-refractivity contribution in [3.8, 4) is 0 Å². The van der Waals surface area contributed by atoms with Crippen molar-refractivity contribution < 1.29 is 10.0 Å². The molecule has 0 aliphatic heterocycles. The first kappa shape index (κ1) is 13.0. The van der Waals surface area contributed by atoms with Crippen LogP contribution in [0.5, 0.6) is 0 Å². The van der Waals surface area contributed by atoms with Crippen molar-refractivity contribution in [3.05, 3.63) is 29.8 Å². The Bertz CT molecular complexity index is 430. The number of hydrogen-bond donors (Lipinski definition) is 3. The monoisotopic (exact) mass is 235 g/mol. The van der Waals surface area contributed by atoms with Gasteiger partial charge in [0.15, 0.2) is 5.84 Å². The second-order valence-electron chi connectivity index (χ2n) is 3.83. The largest absolute Gasteiger partial charge is 0.409 e. The van der Waals surface area contributed by atoms with Gasteiger partial charge in [-0.1, -0.05) is 31.1 Å². The SMILES string of the molecule is CCC(C)C(=O)Nc1ccccc1/C(N)=N/O. The van der Waals surface area contributed by atoms with Gasteiger partial charge in [0.05, 0.1) is 5.69 Å². The normalized spacial score (nSPS) is 13.2. The van der Waals surface area contributed by atoms with Gasteiger partial charge in [0.2, 0.25) is 5.91 Å². The summed E-state index contributed by atoms with van der Waals surface area (Å²) >= 11 is 0. The van der Waals surface area contributed by atoms with Crippen LogP contribution in [0.3, 0.4) is 0 Å². The van der Waals surface area contributed by atoms with Crippen LogP contribution in [0.4, 0.5) is 5.69 Å². The van der Waals surface area contributed by atoms with Crippen molar-refractivity contribution in [2.75, 3.05) is 5.32 Å². The molecule has 1 aromatic rings. The Kier molecular flexibility index (Phi) is 4.51. The number of carbonyl (C=O) groups is 1. The maximum absolute atomic E-state index is 11.8. The highest BCUT2D eigenvalue weighted by Gasteiger charge is 2.13. The average Bonchev–Trinajstić information content (AvgIpc) is 2.37. The third-order valence-corrected chi connectivity index (χ3v) is 2.63. The number of benzene rings is 1. The number of nitrogens with two attached hydrogens (primary N) is 1. The zero-order valence-electron chi connectivity index (χ0n) is 9.97. The number of amides is 1. The molecule has 0 saturated heterocycles. The molecular weight excluding hydrogens is 218 g/mol. The predicted octanol–water partition coefficient (Wildman–Crippen LogP) is 1.77. The predicted molar refractivity (Wildman–Crippen MR) is 67.0 cm³/mol. The number of para-hydroxylation sites is 1. The molecule has 5 nitrogen and oxygen atoms in total. The first-order valence-electron chi connectivity index (χ1n) is 5.48. The molecule has 17 heavy (non-hydrogen) atoms. The molecule has 1 atom stereocenters. The van der Waals surface area contributed by atoms with Crippen LogP contribution in [-0.4, -0.2) is 17.0 Å². The average molecular weight is 235 g/mol. The molecular formula is C12H17N3O2. The highest BCUT2D eigenvalue weighted by molar-refractivity contribution is 6.05. The summed E-state index contributed by atoms with van der Waals surface area (Å²) in [5.41, 5.74) is 6.58. The van der Waals surface area contributed by atoms with Gasteiger partial charge < -0.3 is 16.3 Å². The number of rotatable bonds is 4. The lowest BCUT2D eigenvalue weighted by Gasteiger charge is -2.12. The molecule has 0 spiro atoms. The minimum atomic E-state index is -0.0781. The van der Waals surface area contributed by atoms with Crippen molar-refractivity contribution in [1.29, 1.82) is 0 Å². The van der Waals surface area contributed by atoms with Crippen molar-refractivity contribution in [3.63, 3.8) is 0 Å². The molecule has 0 fully saturated rings. The molecule has 0 aliphatic rings. The highest BCUT2D eigenvalue weighted by atomic mass is 16.4. The highest BCUT2D eigenvalue weighted by Crippen LogP contribution is 2.16. The summed E-state index contributed by atoms with van der Waals surface area (Å²) in [5, 5.41) is 14.4. The lowest BCUT2D eigenvalue weighted by atomic mass is 10.1. The number of carbonyl (C=O) groups excluding carboxylic acids is 1. The number of nitrogens with zero attached hydrogens (tertiary/aromatic N) is 1. The Balaban J connectivity index is 2.95. The van der Waals surface area contributed by atoms with Crippen LogP contribution in [0, 0.1) is 5.92 Å². The van der Waals surface area contributed by atoms with Gasteiger partial charge in [0.1, 0.15) is 0 Å². The number of amidine groups is 1. The van der Waals surface area contributed by atoms with Gasteiger partial charge in [-0.3, -0.25) is 4.79 Å². The second-order valence-corrected chi connectivity index (χ2v) is 3.83. The van der Waals surface area contributed by atoms with E-state index < -0.39 is 0 Å². The number of nitrogens with one attached hydrogen (secondary N) is 1. The number of oxime groups is 1.